The minimum Gasteiger partial charge on any atom is -0.262 e. The lowest BCUT2D eigenvalue weighted by Gasteiger charge is -2.06. The normalized spacial score (nSPS) is 9.86. The van der Waals surface area contributed by atoms with Crippen LogP contribution in [0.1, 0.15) is 31.9 Å². The zero-order valence-electron chi connectivity index (χ0n) is 8.63. The van der Waals surface area contributed by atoms with E-state index in [0.717, 1.165) is 5.56 Å². The largest absolute Gasteiger partial charge is 0.262 e. The van der Waals surface area contributed by atoms with Crippen molar-refractivity contribution in [3.05, 3.63) is 29.6 Å². The third-order valence-electron chi connectivity index (χ3n) is 1.45. The highest BCUT2D eigenvalue weighted by molar-refractivity contribution is 5.39. The van der Waals surface area contributed by atoms with Crippen molar-refractivity contribution in [2.45, 2.75) is 20.8 Å². The van der Waals surface area contributed by atoms with E-state index in [9.17, 15) is 0 Å². The van der Waals surface area contributed by atoms with Gasteiger partial charge < -0.3 is 0 Å². The maximum absolute atomic E-state index is 8.65. The summed E-state index contributed by atoms with van der Waals surface area (Å²) in [6, 6.07) is 3.78. The van der Waals surface area contributed by atoms with E-state index >= 15 is 0 Å². The van der Waals surface area contributed by atoms with Crippen molar-refractivity contribution in [3.63, 3.8) is 0 Å². The van der Waals surface area contributed by atoms with E-state index in [1.165, 1.54) is 6.20 Å². The summed E-state index contributed by atoms with van der Waals surface area (Å²) in [4.78, 5) is 3.93. The molecule has 0 spiro atoms. The summed E-state index contributed by atoms with van der Waals surface area (Å²) in [6.07, 6.45) is 3.20. The van der Waals surface area contributed by atoms with Gasteiger partial charge in [0.2, 0.25) is 0 Å². The Hall–Kier alpha value is -1.80. The molecular weight excluding hydrogens is 172 g/mol. The minimum atomic E-state index is -0.0252. The second-order valence-electron chi connectivity index (χ2n) is 4.07. The highest BCUT2D eigenvalue weighted by atomic mass is 14.6. The molecule has 0 aliphatic carbocycles. The molecule has 0 saturated carbocycles. The fraction of sp³-hybridized carbons (Fsp3) is 0.333. The Morgan fingerprint density at radius 2 is 1.86 bits per heavy atom. The monoisotopic (exact) mass is 184 g/mol. The number of pyridine rings is 1. The van der Waals surface area contributed by atoms with Crippen molar-refractivity contribution < 1.29 is 0 Å². The summed E-state index contributed by atoms with van der Waals surface area (Å²) in [7, 11) is 0. The third kappa shape index (κ3) is 3.29. The van der Waals surface area contributed by atoms with Crippen LogP contribution in [-0.2, 0) is 0 Å². The molecule has 0 radical (unpaired) electrons. The van der Waals surface area contributed by atoms with Gasteiger partial charge in [-0.25, -0.2) is 0 Å². The standard InChI is InChI=1S/C12H12N2/c1-12(2,3)5-4-10-6-11(7-13)9-14-8-10/h6,8-9H,1-3H3. The fourth-order valence-corrected chi connectivity index (χ4v) is 0.829. The molecule has 14 heavy (non-hydrogen) atoms. The summed E-state index contributed by atoms with van der Waals surface area (Å²) in [5.41, 5.74) is 1.31. The Balaban J connectivity index is 2.98. The zero-order chi connectivity index (χ0) is 10.6. The highest BCUT2D eigenvalue weighted by Gasteiger charge is 2.03. The van der Waals surface area contributed by atoms with E-state index < -0.39 is 0 Å². The molecule has 0 saturated heterocycles. The van der Waals surface area contributed by atoms with Gasteiger partial charge in [0.1, 0.15) is 6.07 Å². The quantitative estimate of drug-likeness (QED) is 0.580. The maximum Gasteiger partial charge on any atom is 0.101 e. The van der Waals surface area contributed by atoms with Crippen molar-refractivity contribution in [1.29, 1.82) is 5.26 Å². The molecule has 1 aromatic heterocycles. The molecule has 0 unspecified atom stereocenters. The average Bonchev–Trinajstić information content (AvgIpc) is 2.14. The Kier molecular flexibility index (Phi) is 2.89. The van der Waals surface area contributed by atoms with Gasteiger partial charge in [0.05, 0.1) is 5.56 Å². The van der Waals surface area contributed by atoms with Gasteiger partial charge in [0.25, 0.3) is 0 Å². The number of hydrogen-bond donors (Lipinski definition) is 0. The van der Waals surface area contributed by atoms with Gasteiger partial charge in [-0.1, -0.05) is 11.8 Å². The molecular formula is C12H12N2. The lowest BCUT2D eigenvalue weighted by molar-refractivity contribution is 0.571. The van der Waals surface area contributed by atoms with Crippen LogP contribution in [-0.4, -0.2) is 4.98 Å². The van der Waals surface area contributed by atoms with Gasteiger partial charge >= 0.3 is 0 Å². The van der Waals surface area contributed by atoms with E-state index in [0.29, 0.717) is 5.56 Å². The molecule has 0 fully saturated rings. The van der Waals surface area contributed by atoms with Crippen LogP contribution < -0.4 is 0 Å². The molecule has 1 rings (SSSR count). The lowest BCUT2D eigenvalue weighted by atomic mass is 9.97. The van der Waals surface area contributed by atoms with Crippen molar-refractivity contribution in [2.24, 2.45) is 5.41 Å². The average molecular weight is 184 g/mol. The van der Waals surface area contributed by atoms with Crippen molar-refractivity contribution in [3.8, 4) is 17.9 Å². The van der Waals surface area contributed by atoms with Gasteiger partial charge in [-0.05, 0) is 26.8 Å². The second-order valence-corrected chi connectivity index (χ2v) is 4.07. The van der Waals surface area contributed by atoms with Crippen LogP contribution in [0.25, 0.3) is 0 Å². The van der Waals surface area contributed by atoms with Crippen molar-refractivity contribution >= 4 is 0 Å². The van der Waals surface area contributed by atoms with Crippen molar-refractivity contribution in [2.75, 3.05) is 0 Å². The van der Waals surface area contributed by atoms with Crippen LogP contribution in [0.2, 0.25) is 0 Å². The molecule has 0 atom stereocenters. The molecule has 0 aromatic carbocycles. The number of hydrogen-bond acceptors (Lipinski definition) is 2. The van der Waals surface area contributed by atoms with Crippen LogP contribution >= 0.6 is 0 Å². The van der Waals surface area contributed by atoms with E-state index in [1.54, 1.807) is 12.3 Å². The van der Waals surface area contributed by atoms with E-state index in [-0.39, 0.29) is 5.41 Å². The smallest absolute Gasteiger partial charge is 0.101 e. The SMILES string of the molecule is CC(C)(C)C#Cc1cncc(C#N)c1. The van der Waals surface area contributed by atoms with E-state index in [1.807, 2.05) is 26.8 Å². The Morgan fingerprint density at radius 3 is 2.43 bits per heavy atom. The molecule has 1 heterocycles. The topological polar surface area (TPSA) is 36.7 Å². The summed E-state index contributed by atoms with van der Waals surface area (Å²) < 4.78 is 0. The molecule has 70 valence electrons. The highest BCUT2D eigenvalue weighted by Crippen LogP contribution is 2.10. The molecule has 0 aliphatic heterocycles. The summed E-state index contributed by atoms with van der Waals surface area (Å²) in [5, 5.41) is 8.65. The number of rotatable bonds is 0. The van der Waals surface area contributed by atoms with Crippen LogP contribution in [0, 0.1) is 28.6 Å². The predicted molar refractivity (Wildman–Crippen MR) is 55.3 cm³/mol. The maximum atomic E-state index is 8.65. The Labute approximate surface area is 84.6 Å². The summed E-state index contributed by atoms with van der Waals surface area (Å²) in [6.45, 7) is 6.13. The molecule has 0 aliphatic rings. The number of aromatic nitrogens is 1. The Morgan fingerprint density at radius 1 is 1.21 bits per heavy atom. The molecule has 0 bridgehead atoms. The van der Waals surface area contributed by atoms with E-state index in [4.69, 9.17) is 5.26 Å². The molecule has 2 nitrogen and oxygen atoms in total. The minimum absolute atomic E-state index is 0.0252. The number of nitrogens with zero attached hydrogens (tertiary/aromatic N) is 2. The third-order valence-corrected chi connectivity index (χ3v) is 1.45. The molecule has 1 aromatic rings. The van der Waals surface area contributed by atoms with Crippen LogP contribution in [0.15, 0.2) is 18.5 Å². The van der Waals surface area contributed by atoms with Gasteiger partial charge in [-0.3, -0.25) is 4.98 Å². The van der Waals surface area contributed by atoms with Gasteiger partial charge in [-0.15, -0.1) is 0 Å². The molecule has 0 amide bonds. The first-order chi connectivity index (χ1) is 6.51. The fourth-order valence-electron chi connectivity index (χ4n) is 0.829. The van der Waals surface area contributed by atoms with Gasteiger partial charge in [-0.2, -0.15) is 5.26 Å². The Bertz CT molecular complexity index is 422. The molecule has 0 N–H and O–H groups in total. The van der Waals surface area contributed by atoms with Crippen LogP contribution in [0.5, 0.6) is 0 Å². The lowest BCUT2D eigenvalue weighted by Crippen LogP contribution is -1.99. The second kappa shape index (κ2) is 3.94. The first-order valence-corrected chi connectivity index (χ1v) is 4.39. The van der Waals surface area contributed by atoms with Crippen LogP contribution in [0.4, 0.5) is 0 Å². The zero-order valence-corrected chi connectivity index (χ0v) is 8.63. The van der Waals surface area contributed by atoms with Crippen LogP contribution in [0.3, 0.4) is 0 Å². The van der Waals surface area contributed by atoms with E-state index in [2.05, 4.69) is 16.8 Å². The summed E-state index contributed by atoms with van der Waals surface area (Å²) >= 11 is 0. The molecule has 2 heteroatoms. The predicted octanol–water partition coefficient (Wildman–Crippen LogP) is 2.35. The first-order valence-electron chi connectivity index (χ1n) is 4.39. The number of nitriles is 1. The van der Waals surface area contributed by atoms with Gasteiger partial charge in [0.15, 0.2) is 0 Å². The van der Waals surface area contributed by atoms with Crippen molar-refractivity contribution in [1.82, 2.24) is 4.98 Å². The van der Waals surface area contributed by atoms with Gasteiger partial charge in [0, 0.05) is 23.4 Å². The summed E-state index contributed by atoms with van der Waals surface area (Å²) in [5.74, 6) is 6.09. The first kappa shape index (κ1) is 10.3.